The number of hydrogen-bond donors (Lipinski definition) is 2. The summed E-state index contributed by atoms with van der Waals surface area (Å²) in [4.78, 5) is 15.1. The number of benzene rings is 1. The molecule has 100 valence electrons. The highest BCUT2D eigenvalue weighted by Gasteiger charge is 2.12. The van der Waals surface area contributed by atoms with Crippen LogP contribution in [-0.4, -0.2) is 24.6 Å². The Morgan fingerprint density at radius 1 is 1.58 bits per heavy atom. The minimum absolute atomic E-state index is 0.147. The van der Waals surface area contributed by atoms with Gasteiger partial charge in [0, 0.05) is 23.8 Å². The summed E-state index contributed by atoms with van der Waals surface area (Å²) in [5.41, 5.74) is 6.77. The van der Waals surface area contributed by atoms with Gasteiger partial charge in [-0.05, 0) is 18.2 Å². The normalized spacial score (nSPS) is 10.4. The molecule has 1 heterocycles. The molecule has 1 aromatic carbocycles. The van der Waals surface area contributed by atoms with E-state index in [0.717, 1.165) is 0 Å². The third-order valence-corrected chi connectivity index (χ3v) is 2.74. The second kappa shape index (κ2) is 5.51. The lowest BCUT2D eigenvalue weighted by Gasteiger charge is -2.11. The molecule has 3 N–H and O–H groups in total. The summed E-state index contributed by atoms with van der Waals surface area (Å²) in [6, 6.07) is 4.74. The third kappa shape index (κ3) is 2.73. The second-order valence-corrected chi connectivity index (χ2v) is 3.98. The van der Waals surface area contributed by atoms with Crippen molar-refractivity contribution in [2.45, 2.75) is 6.42 Å². The summed E-state index contributed by atoms with van der Waals surface area (Å²) in [5.74, 6) is -0.853. The average Bonchev–Trinajstić information content (AvgIpc) is 2.42. The van der Waals surface area contributed by atoms with Crippen molar-refractivity contribution in [3.05, 3.63) is 30.2 Å². The molecule has 0 aliphatic carbocycles. The van der Waals surface area contributed by atoms with E-state index in [1.54, 1.807) is 18.3 Å². The second-order valence-electron chi connectivity index (χ2n) is 3.98. The SMILES string of the molecule is COC(=O)CCNc1c(F)cc(N)c2cccnc12. The highest BCUT2D eigenvalue weighted by Crippen LogP contribution is 2.29. The van der Waals surface area contributed by atoms with Crippen LogP contribution in [0.25, 0.3) is 10.9 Å². The van der Waals surface area contributed by atoms with Gasteiger partial charge in [0.25, 0.3) is 0 Å². The molecule has 0 atom stereocenters. The summed E-state index contributed by atoms with van der Waals surface area (Å²) in [6.07, 6.45) is 1.71. The van der Waals surface area contributed by atoms with Gasteiger partial charge in [0.05, 0.1) is 24.7 Å². The Labute approximate surface area is 109 Å². The zero-order chi connectivity index (χ0) is 13.8. The maximum absolute atomic E-state index is 13.9. The fourth-order valence-corrected chi connectivity index (χ4v) is 1.80. The summed E-state index contributed by atoms with van der Waals surface area (Å²) < 4.78 is 18.4. The fraction of sp³-hybridized carbons (Fsp3) is 0.231. The van der Waals surface area contributed by atoms with Crippen molar-refractivity contribution in [1.82, 2.24) is 4.98 Å². The number of hydrogen-bond acceptors (Lipinski definition) is 5. The monoisotopic (exact) mass is 263 g/mol. The predicted octanol–water partition coefficient (Wildman–Crippen LogP) is 1.93. The van der Waals surface area contributed by atoms with Crippen molar-refractivity contribution in [2.24, 2.45) is 0 Å². The van der Waals surface area contributed by atoms with Crippen LogP contribution in [-0.2, 0) is 9.53 Å². The van der Waals surface area contributed by atoms with E-state index in [9.17, 15) is 9.18 Å². The van der Waals surface area contributed by atoms with Crippen LogP contribution in [0.15, 0.2) is 24.4 Å². The Morgan fingerprint density at radius 2 is 2.37 bits per heavy atom. The molecule has 0 bridgehead atoms. The number of nitrogens with two attached hydrogens (primary N) is 1. The van der Waals surface area contributed by atoms with Crippen molar-refractivity contribution in [3.8, 4) is 0 Å². The van der Waals surface area contributed by atoms with E-state index in [0.29, 0.717) is 16.6 Å². The zero-order valence-electron chi connectivity index (χ0n) is 10.4. The number of carbonyl (C=O) groups is 1. The molecule has 0 saturated carbocycles. The molecule has 1 aromatic heterocycles. The lowest BCUT2D eigenvalue weighted by atomic mass is 10.1. The standard InChI is InChI=1S/C13H14FN3O2/c1-19-11(18)4-6-17-13-9(14)7-10(15)8-3-2-5-16-12(8)13/h2-3,5,7,17H,4,6,15H2,1H3. The summed E-state index contributed by atoms with van der Waals surface area (Å²) >= 11 is 0. The predicted molar refractivity (Wildman–Crippen MR) is 71.2 cm³/mol. The molecule has 6 heteroatoms. The number of esters is 1. The molecular formula is C13H14FN3O2. The lowest BCUT2D eigenvalue weighted by molar-refractivity contribution is -0.140. The van der Waals surface area contributed by atoms with Crippen LogP contribution in [0, 0.1) is 5.82 Å². The van der Waals surface area contributed by atoms with Crippen LogP contribution in [0.5, 0.6) is 0 Å². The van der Waals surface area contributed by atoms with Gasteiger partial charge in [-0.2, -0.15) is 0 Å². The van der Waals surface area contributed by atoms with Crippen molar-refractivity contribution < 1.29 is 13.9 Å². The topological polar surface area (TPSA) is 77.2 Å². The average molecular weight is 263 g/mol. The number of carbonyl (C=O) groups excluding carboxylic acids is 1. The Kier molecular flexibility index (Phi) is 3.79. The van der Waals surface area contributed by atoms with Gasteiger partial charge in [-0.25, -0.2) is 4.39 Å². The molecule has 5 nitrogen and oxygen atoms in total. The number of nitrogen functional groups attached to an aromatic ring is 1. The van der Waals surface area contributed by atoms with Crippen LogP contribution in [0.2, 0.25) is 0 Å². The number of fused-ring (bicyclic) bond motifs is 1. The minimum Gasteiger partial charge on any atom is -0.469 e. The molecule has 0 spiro atoms. The van der Waals surface area contributed by atoms with Gasteiger partial charge in [0.2, 0.25) is 0 Å². The fourth-order valence-electron chi connectivity index (χ4n) is 1.80. The number of pyridine rings is 1. The smallest absolute Gasteiger partial charge is 0.307 e. The van der Waals surface area contributed by atoms with Crippen molar-refractivity contribution in [1.29, 1.82) is 0 Å². The van der Waals surface area contributed by atoms with Gasteiger partial charge >= 0.3 is 5.97 Å². The zero-order valence-corrected chi connectivity index (χ0v) is 10.4. The molecule has 0 amide bonds. The largest absolute Gasteiger partial charge is 0.469 e. The molecule has 0 radical (unpaired) electrons. The van der Waals surface area contributed by atoms with Gasteiger partial charge in [0.1, 0.15) is 0 Å². The van der Waals surface area contributed by atoms with Gasteiger partial charge in [-0.1, -0.05) is 0 Å². The first-order valence-corrected chi connectivity index (χ1v) is 5.77. The van der Waals surface area contributed by atoms with E-state index >= 15 is 0 Å². The van der Waals surface area contributed by atoms with Gasteiger partial charge in [0.15, 0.2) is 5.82 Å². The third-order valence-electron chi connectivity index (χ3n) is 2.74. The first-order chi connectivity index (χ1) is 9.13. The molecular weight excluding hydrogens is 249 g/mol. The Balaban J connectivity index is 2.29. The number of aromatic nitrogens is 1. The van der Waals surface area contributed by atoms with E-state index in [4.69, 9.17) is 5.73 Å². The molecule has 0 aliphatic rings. The van der Waals surface area contributed by atoms with Gasteiger partial charge in [-0.15, -0.1) is 0 Å². The van der Waals surface area contributed by atoms with Crippen molar-refractivity contribution in [2.75, 3.05) is 24.7 Å². The Bertz CT molecular complexity index is 616. The Hall–Kier alpha value is -2.37. The first-order valence-electron chi connectivity index (χ1n) is 5.77. The minimum atomic E-state index is -0.492. The molecule has 0 aliphatic heterocycles. The number of nitrogens with zero attached hydrogens (tertiary/aromatic N) is 1. The molecule has 2 aromatic rings. The van der Waals surface area contributed by atoms with E-state index in [1.807, 2.05) is 0 Å². The molecule has 2 rings (SSSR count). The van der Waals surface area contributed by atoms with Crippen LogP contribution >= 0.6 is 0 Å². The quantitative estimate of drug-likeness (QED) is 0.651. The van der Waals surface area contributed by atoms with Gasteiger partial charge in [-0.3, -0.25) is 9.78 Å². The number of nitrogens with one attached hydrogen (secondary N) is 1. The van der Waals surface area contributed by atoms with Crippen molar-refractivity contribution in [3.63, 3.8) is 0 Å². The highest BCUT2D eigenvalue weighted by atomic mass is 19.1. The van der Waals surface area contributed by atoms with Crippen LogP contribution in [0.1, 0.15) is 6.42 Å². The number of halogens is 1. The maximum Gasteiger partial charge on any atom is 0.307 e. The summed E-state index contributed by atoms with van der Waals surface area (Å²) in [7, 11) is 1.31. The number of anilines is 2. The Morgan fingerprint density at radius 3 is 3.11 bits per heavy atom. The lowest BCUT2D eigenvalue weighted by Crippen LogP contribution is -2.11. The van der Waals surface area contributed by atoms with Crippen LogP contribution in [0.3, 0.4) is 0 Å². The van der Waals surface area contributed by atoms with Crippen LogP contribution in [0.4, 0.5) is 15.8 Å². The van der Waals surface area contributed by atoms with Crippen LogP contribution < -0.4 is 11.1 Å². The first kappa shape index (κ1) is 13.1. The highest BCUT2D eigenvalue weighted by molar-refractivity contribution is 5.98. The number of methoxy groups -OCH3 is 1. The van der Waals surface area contributed by atoms with E-state index < -0.39 is 5.82 Å². The number of ether oxygens (including phenoxy) is 1. The molecule has 0 saturated heterocycles. The molecule has 0 fully saturated rings. The van der Waals surface area contributed by atoms with E-state index in [1.165, 1.54) is 13.2 Å². The van der Waals surface area contributed by atoms with E-state index in [2.05, 4.69) is 15.0 Å². The van der Waals surface area contributed by atoms with Crippen molar-refractivity contribution >= 4 is 28.2 Å². The summed E-state index contributed by atoms with van der Waals surface area (Å²) in [6.45, 7) is 0.263. The molecule has 0 unspecified atom stereocenters. The number of rotatable bonds is 4. The summed E-state index contributed by atoms with van der Waals surface area (Å²) in [5, 5.41) is 3.53. The van der Waals surface area contributed by atoms with E-state index in [-0.39, 0.29) is 24.6 Å². The maximum atomic E-state index is 13.9. The molecule has 19 heavy (non-hydrogen) atoms. The van der Waals surface area contributed by atoms with Gasteiger partial charge < -0.3 is 15.8 Å².